The maximum absolute atomic E-state index is 12.2. The van der Waals surface area contributed by atoms with Crippen LogP contribution >= 0.6 is 0 Å². The first kappa shape index (κ1) is 17.3. The first-order valence-corrected chi connectivity index (χ1v) is 8.31. The predicted molar refractivity (Wildman–Crippen MR) is 92.9 cm³/mol. The molecular weight excluding hydrogens is 322 g/mol. The molecule has 1 fully saturated rings. The number of likely N-dealkylation sites (tertiary alicyclic amines) is 1. The lowest BCUT2D eigenvalue weighted by Gasteiger charge is -2.24. The maximum Gasteiger partial charge on any atom is 0.410 e. The van der Waals surface area contributed by atoms with Crippen LogP contribution in [0.1, 0.15) is 27.2 Å². The van der Waals surface area contributed by atoms with E-state index in [0.29, 0.717) is 31.3 Å². The van der Waals surface area contributed by atoms with E-state index in [9.17, 15) is 4.79 Å². The second kappa shape index (κ2) is 6.74. The Morgan fingerprint density at radius 3 is 2.40 bits per heavy atom. The van der Waals surface area contributed by atoms with Gasteiger partial charge in [-0.15, -0.1) is 0 Å². The molecule has 1 saturated heterocycles. The Bertz CT molecular complexity index is 772. The molecule has 1 aromatic carbocycles. The number of benzene rings is 1. The summed E-state index contributed by atoms with van der Waals surface area (Å²) in [5.41, 5.74) is 0.970. The zero-order chi connectivity index (χ0) is 18.0. The number of nitrogens with zero attached hydrogens (tertiary/aromatic N) is 3. The van der Waals surface area contributed by atoms with Gasteiger partial charge in [0.1, 0.15) is 11.7 Å². The smallest absolute Gasteiger partial charge is 0.410 e. The summed E-state index contributed by atoms with van der Waals surface area (Å²) in [6.45, 7) is 6.59. The number of carbonyl (C=O) groups is 1. The third-order valence-corrected chi connectivity index (χ3v) is 3.78. The van der Waals surface area contributed by atoms with Crippen molar-refractivity contribution in [2.45, 2.75) is 38.9 Å². The molecule has 2 heterocycles. The molecule has 1 aromatic heterocycles. The van der Waals surface area contributed by atoms with E-state index in [1.807, 2.05) is 45.0 Å². The van der Waals surface area contributed by atoms with Crippen molar-refractivity contribution in [1.29, 1.82) is 0 Å². The van der Waals surface area contributed by atoms with Crippen molar-refractivity contribution in [1.82, 2.24) is 14.9 Å². The molecule has 0 aliphatic carbocycles. The van der Waals surface area contributed by atoms with Crippen molar-refractivity contribution in [2.24, 2.45) is 0 Å². The molecular formula is C18H23N3O4. The Balaban J connectivity index is 1.71. The first-order chi connectivity index (χ1) is 11.9. The van der Waals surface area contributed by atoms with Gasteiger partial charge in [-0.05, 0) is 32.9 Å². The van der Waals surface area contributed by atoms with Gasteiger partial charge >= 0.3 is 6.09 Å². The van der Waals surface area contributed by atoms with Gasteiger partial charge in [-0.2, -0.15) is 0 Å². The van der Waals surface area contributed by atoms with Crippen molar-refractivity contribution in [3.8, 4) is 11.8 Å². The Morgan fingerprint density at radius 1 is 1.16 bits per heavy atom. The number of ether oxygens (including phenoxy) is 3. The van der Waals surface area contributed by atoms with Gasteiger partial charge in [0.05, 0.1) is 24.7 Å². The number of fused-ring (bicyclic) bond motifs is 1. The standard InChI is InChI=1S/C18H23N3O4/c1-18(2,3)25-17(22)21-10-9-12(11-21)24-16-15(23-4)19-13-7-5-6-8-14(13)20-16/h5-8,12H,9-11H2,1-4H3/t12-/m1/s1. The SMILES string of the molecule is COc1nc2ccccc2nc1O[C@@H]1CCN(C(=O)OC(C)(C)C)C1. The van der Waals surface area contributed by atoms with Crippen LogP contribution in [0.5, 0.6) is 11.8 Å². The van der Waals surface area contributed by atoms with Gasteiger partial charge in [0.15, 0.2) is 0 Å². The molecule has 3 rings (SSSR count). The topological polar surface area (TPSA) is 73.8 Å². The van der Waals surface area contributed by atoms with Crippen LogP contribution in [0, 0.1) is 0 Å². The second-order valence-corrected chi connectivity index (χ2v) is 6.98. The van der Waals surface area contributed by atoms with Crippen molar-refractivity contribution >= 4 is 17.1 Å². The summed E-state index contributed by atoms with van der Waals surface area (Å²) >= 11 is 0. The summed E-state index contributed by atoms with van der Waals surface area (Å²) in [4.78, 5) is 22.7. The summed E-state index contributed by atoms with van der Waals surface area (Å²) < 4.78 is 16.7. The molecule has 1 atom stereocenters. The summed E-state index contributed by atoms with van der Waals surface area (Å²) in [6.07, 6.45) is 0.212. The number of rotatable bonds is 3. The Morgan fingerprint density at radius 2 is 1.80 bits per heavy atom. The highest BCUT2D eigenvalue weighted by Gasteiger charge is 2.31. The zero-order valence-corrected chi connectivity index (χ0v) is 15.0. The molecule has 1 amide bonds. The maximum atomic E-state index is 12.2. The van der Waals surface area contributed by atoms with Crippen LogP contribution in [0.25, 0.3) is 11.0 Å². The molecule has 7 nitrogen and oxygen atoms in total. The van der Waals surface area contributed by atoms with Crippen LogP contribution in [0.2, 0.25) is 0 Å². The highest BCUT2D eigenvalue weighted by atomic mass is 16.6. The fourth-order valence-corrected chi connectivity index (χ4v) is 2.65. The number of methoxy groups -OCH3 is 1. The van der Waals surface area contributed by atoms with Crippen molar-refractivity contribution in [3.63, 3.8) is 0 Å². The Kier molecular flexibility index (Phi) is 4.65. The van der Waals surface area contributed by atoms with Gasteiger partial charge in [-0.1, -0.05) is 12.1 Å². The summed E-state index contributed by atoms with van der Waals surface area (Å²) in [6, 6.07) is 7.53. The average molecular weight is 345 g/mol. The normalized spacial score (nSPS) is 17.6. The lowest BCUT2D eigenvalue weighted by atomic mass is 10.2. The van der Waals surface area contributed by atoms with E-state index in [2.05, 4.69) is 9.97 Å². The largest absolute Gasteiger partial charge is 0.477 e. The molecule has 0 N–H and O–H groups in total. The molecule has 0 saturated carbocycles. The molecule has 0 radical (unpaired) electrons. The van der Waals surface area contributed by atoms with Crippen molar-refractivity contribution < 1.29 is 19.0 Å². The van der Waals surface area contributed by atoms with Crippen LogP contribution in [0.3, 0.4) is 0 Å². The van der Waals surface area contributed by atoms with Crippen LogP contribution in [0.15, 0.2) is 24.3 Å². The number of carbonyl (C=O) groups excluding carboxylic acids is 1. The fraction of sp³-hybridized carbons (Fsp3) is 0.500. The lowest BCUT2D eigenvalue weighted by molar-refractivity contribution is 0.0274. The molecule has 0 spiro atoms. The van der Waals surface area contributed by atoms with E-state index in [1.165, 1.54) is 7.11 Å². The fourth-order valence-electron chi connectivity index (χ4n) is 2.65. The zero-order valence-electron chi connectivity index (χ0n) is 15.0. The van der Waals surface area contributed by atoms with Crippen LogP contribution in [0.4, 0.5) is 4.79 Å². The van der Waals surface area contributed by atoms with E-state index < -0.39 is 5.60 Å². The molecule has 2 aromatic rings. The van der Waals surface area contributed by atoms with Gasteiger partial charge in [0.2, 0.25) is 0 Å². The first-order valence-electron chi connectivity index (χ1n) is 8.31. The van der Waals surface area contributed by atoms with E-state index >= 15 is 0 Å². The van der Waals surface area contributed by atoms with Crippen molar-refractivity contribution in [2.75, 3.05) is 20.2 Å². The second-order valence-electron chi connectivity index (χ2n) is 6.98. The molecule has 134 valence electrons. The number of aromatic nitrogens is 2. The Labute approximate surface area is 146 Å². The minimum Gasteiger partial charge on any atom is -0.477 e. The van der Waals surface area contributed by atoms with E-state index in [4.69, 9.17) is 14.2 Å². The van der Waals surface area contributed by atoms with Gasteiger partial charge in [0.25, 0.3) is 11.8 Å². The van der Waals surface area contributed by atoms with Gasteiger partial charge in [-0.3, -0.25) is 0 Å². The number of para-hydroxylation sites is 2. The molecule has 0 unspecified atom stereocenters. The predicted octanol–water partition coefficient (Wildman–Crippen LogP) is 3.03. The minimum absolute atomic E-state index is 0.170. The molecule has 1 aliphatic rings. The quantitative estimate of drug-likeness (QED) is 0.851. The van der Waals surface area contributed by atoms with E-state index in [1.54, 1.807) is 4.90 Å². The van der Waals surface area contributed by atoms with Crippen LogP contribution in [-0.4, -0.2) is 52.9 Å². The summed E-state index contributed by atoms with van der Waals surface area (Å²) in [7, 11) is 1.54. The van der Waals surface area contributed by atoms with Gasteiger partial charge in [-0.25, -0.2) is 14.8 Å². The average Bonchev–Trinajstić information content (AvgIpc) is 3.01. The third kappa shape index (κ3) is 4.10. The molecule has 7 heteroatoms. The number of amides is 1. The summed E-state index contributed by atoms with van der Waals surface area (Å²) in [5, 5.41) is 0. The summed E-state index contributed by atoms with van der Waals surface area (Å²) in [5.74, 6) is 0.687. The monoisotopic (exact) mass is 345 g/mol. The molecule has 0 bridgehead atoms. The number of hydrogen-bond acceptors (Lipinski definition) is 6. The van der Waals surface area contributed by atoms with Gasteiger partial charge in [0, 0.05) is 13.0 Å². The van der Waals surface area contributed by atoms with E-state index in [-0.39, 0.29) is 12.2 Å². The van der Waals surface area contributed by atoms with Crippen LogP contribution in [-0.2, 0) is 4.74 Å². The highest BCUT2D eigenvalue weighted by Crippen LogP contribution is 2.28. The van der Waals surface area contributed by atoms with Crippen molar-refractivity contribution in [3.05, 3.63) is 24.3 Å². The highest BCUT2D eigenvalue weighted by molar-refractivity contribution is 5.75. The van der Waals surface area contributed by atoms with Gasteiger partial charge < -0.3 is 19.1 Å². The van der Waals surface area contributed by atoms with E-state index in [0.717, 1.165) is 11.0 Å². The number of hydrogen-bond donors (Lipinski definition) is 0. The third-order valence-electron chi connectivity index (χ3n) is 3.78. The molecule has 25 heavy (non-hydrogen) atoms. The Hall–Kier alpha value is -2.57. The van der Waals surface area contributed by atoms with Crippen LogP contribution < -0.4 is 9.47 Å². The minimum atomic E-state index is -0.511. The molecule has 1 aliphatic heterocycles. The lowest BCUT2D eigenvalue weighted by Crippen LogP contribution is -2.36.